The molecule has 0 fully saturated rings. The van der Waals surface area contributed by atoms with Crippen molar-refractivity contribution in [2.75, 3.05) is 18.0 Å². The molecule has 0 bridgehead atoms. The monoisotopic (exact) mass is 468 g/mol. The molecule has 0 unspecified atom stereocenters. The highest BCUT2D eigenvalue weighted by Gasteiger charge is 2.29. The number of hydrogen-bond donors (Lipinski definition) is 1. The molecule has 3 rings (SSSR count). The first-order valence-electron chi connectivity index (χ1n) is 9.60. The molecule has 10 nitrogen and oxygen atoms in total. The van der Waals surface area contributed by atoms with E-state index in [0.717, 1.165) is 10.5 Å². The van der Waals surface area contributed by atoms with Gasteiger partial charge < -0.3 is 4.74 Å². The molecule has 1 amide bonds. The third kappa shape index (κ3) is 5.52. The van der Waals surface area contributed by atoms with Crippen LogP contribution in [0, 0.1) is 10.1 Å². The minimum atomic E-state index is -4.13. The SMILES string of the molecule is COc1ccccc1N(CC(=O)N/N=C\c1ccccc1[N+](=O)[O-])S(=O)(=O)c1ccccc1. The number of ether oxygens (including phenoxy) is 1. The lowest BCUT2D eigenvalue weighted by molar-refractivity contribution is -0.385. The minimum absolute atomic E-state index is 0.00730. The van der Waals surface area contributed by atoms with E-state index in [1.807, 2.05) is 0 Å². The van der Waals surface area contributed by atoms with Crippen molar-refractivity contribution in [3.63, 3.8) is 0 Å². The van der Waals surface area contributed by atoms with Crippen molar-refractivity contribution in [3.8, 4) is 5.75 Å². The maximum Gasteiger partial charge on any atom is 0.278 e. The minimum Gasteiger partial charge on any atom is -0.495 e. The van der Waals surface area contributed by atoms with Gasteiger partial charge in [0.05, 0.1) is 34.4 Å². The summed E-state index contributed by atoms with van der Waals surface area (Å²) >= 11 is 0. The van der Waals surface area contributed by atoms with Crippen LogP contribution < -0.4 is 14.5 Å². The summed E-state index contributed by atoms with van der Waals surface area (Å²) in [5.41, 5.74) is 2.39. The molecule has 0 saturated carbocycles. The second-order valence-corrected chi connectivity index (χ2v) is 8.47. The maximum absolute atomic E-state index is 13.3. The molecular formula is C22H20N4O6S. The Labute approximate surface area is 190 Å². The fourth-order valence-corrected chi connectivity index (χ4v) is 4.41. The Hall–Kier alpha value is -4.25. The van der Waals surface area contributed by atoms with Crippen LogP contribution in [-0.4, -0.2) is 39.1 Å². The zero-order chi connectivity index (χ0) is 23.8. The standard InChI is InChI=1S/C22H20N4O6S/c1-32-21-14-8-7-13-20(21)25(33(30,31)18-10-3-2-4-11-18)16-22(27)24-23-15-17-9-5-6-12-19(17)26(28)29/h2-15H,16H2,1H3,(H,24,27)/b23-15-. The molecule has 0 radical (unpaired) electrons. The number of nitrogens with zero attached hydrogens (tertiary/aromatic N) is 3. The second kappa shape index (κ2) is 10.4. The lowest BCUT2D eigenvalue weighted by Crippen LogP contribution is -2.39. The smallest absolute Gasteiger partial charge is 0.278 e. The predicted octanol–water partition coefficient (Wildman–Crippen LogP) is 2.95. The number of anilines is 1. The van der Waals surface area contributed by atoms with Gasteiger partial charge in [-0.1, -0.05) is 42.5 Å². The molecule has 0 heterocycles. The molecule has 3 aromatic rings. The van der Waals surface area contributed by atoms with Crippen molar-refractivity contribution in [2.24, 2.45) is 5.10 Å². The van der Waals surface area contributed by atoms with E-state index in [9.17, 15) is 23.3 Å². The van der Waals surface area contributed by atoms with E-state index in [4.69, 9.17) is 4.74 Å². The number of carbonyl (C=O) groups excluding carboxylic acids is 1. The van der Waals surface area contributed by atoms with E-state index < -0.39 is 27.4 Å². The van der Waals surface area contributed by atoms with Crippen molar-refractivity contribution in [3.05, 3.63) is 94.5 Å². The largest absolute Gasteiger partial charge is 0.495 e. The van der Waals surface area contributed by atoms with Gasteiger partial charge in [0.25, 0.3) is 21.6 Å². The van der Waals surface area contributed by atoms with Crippen molar-refractivity contribution in [2.45, 2.75) is 4.90 Å². The molecule has 0 aliphatic heterocycles. The van der Waals surface area contributed by atoms with Crippen LogP contribution in [0.15, 0.2) is 88.9 Å². The molecule has 1 N–H and O–H groups in total. The zero-order valence-corrected chi connectivity index (χ0v) is 18.3. The number of rotatable bonds is 9. The van der Waals surface area contributed by atoms with Gasteiger partial charge in [-0.3, -0.25) is 19.2 Å². The molecule has 0 saturated heterocycles. The van der Waals surface area contributed by atoms with E-state index in [-0.39, 0.29) is 27.6 Å². The van der Waals surface area contributed by atoms with Crippen LogP contribution in [0.2, 0.25) is 0 Å². The highest BCUT2D eigenvalue weighted by molar-refractivity contribution is 7.92. The Bertz CT molecular complexity index is 1280. The Kier molecular flexibility index (Phi) is 7.36. The predicted molar refractivity (Wildman–Crippen MR) is 123 cm³/mol. The Balaban J connectivity index is 1.88. The fraction of sp³-hybridized carbons (Fsp3) is 0.0909. The van der Waals surface area contributed by atoms with E-state index in [2.05, 4.69) is 10.5 Å². The molecule has 0 spiro atoms. The van der Waals surface area contributed by atoms with Gasteiger partial charge in [-0.05, 0) is 30.3 Å². The van der Waals surface area contributed by atoms with Crippen LogP contribution in [0.1, 0.15) is 5.56 Å². The van der Waals surface area contributed by atoms with Crippen LogP contribution in [0.4, 0.5) is 11.4 Å². The summed E-state index contributed by atoms with van der Waals surface area (Å²) in [6.45, 7) is -0.605. The summed E-state index contributed by atoms with van der Waals surface area (Å²) in [7, 11) is -2.73. The molecule has 33 heavy (non-hydrogen) atoms. The number of para-hydroxylation sites is 3. The molecule has 0 aliphatic carbocycles. The van der Waals surface area contributed by atoms with Gasteiger partial charge in [0.1, 0.15) is 12.3 Å². The number of nitro benzene ring substituents is 1. The van der Waals surface area contributed by atoms with Gasteiger partial charge >= 0.3 is 0 Å². The Morgan fingerprint density at radius 2 is 1.70 bits per heavy atom. The molecule has 0 atom stereocenters. The fourth-order valence-electron chi connectivity index (χ4n) is 2.96. The van der Waals surface area contributed by atoms with Crippen molar-refractivity contribution in [1.82, 2.24) is 5.43 Å². The number of benzene rings is 3. The number of hydrazone groups is 1. The van der Waals surface area contributed by atoms with Crippen molar-refractivity contribution >= 4 is 33.5 Å². The third-order valence-electron chi connectivity index (χ3n) is 4.50. The molecule has 0 aliphatic rings. The van der Waals surface area contributed by atoms with Crippen molar-refractivity contribution in [1.29, 1.82) is 0 Å². The van der Waals surface area contributed by atoms with Gasteiger partial charge in [-0.15, -0.1) is 0 Å². The Morgan fingerprint density at radius 3 is 2.39 bits per heavy atom. The van der Waals surface area contributed by atoms with E-state index in [0.29, 0.717) is 0 Å². The third-order valence-corrected chi connectivity index (χ3v) is 6.27. The second-order valence-electron chi connectivity index (χ2n) is 6.61. The molecule has 3 aromatic carbocycles. The first kappa shape index (κ1) is 23.4. The van der Waals surface area contributed by atoms with Gasteiger partial charge in [0, 0.05) is 6.07 Å². The number of carbonyl (C=O) groups is 1. The molecule has 11 heteroatoms. The number of amides is 1. The number of hydrogen-bond acceptors (Lipinski definition) is 7. The number of sulfonamides is 1. The van der Waals surface area contributed by atoms with E-state index in [1.165, 1.54) is 43.5 Å². The summed E-state index contributed by atoms with van der Waals surface area (Å²) in [6, 6.07) is 19.9. The molecule has 170 valence electrons. The summed E-state index contributed by atoms with van der Waals surface area (Å²) in [5, 5.41) is 14.8. The topological polar surface area (TPSA) is 131 Å². The summed E-state index contributed by atoms with van der Waals surface area (Å²) in [5.74, 6) is -0.497. The van der Waals surface area contributed by atoms with Gasteiger partial charge in [0.15, 0.2) is 0 Å². The van der Waals surface area contributed by atoms with Gasteiger partial charge in [-0.2, -0.15) is 5.10 Å². The maximum atomic E-state index is 13.3. The average Bonchev–Trinajstić information content (AvgIpc) is 2.83. The Morgan fingerprint density at radius 1 is 1.06 bits per heavy atom. The average molecular weight is 468 g/mol. The van der Waals surface area contributed by atoms with Crippen LogP contribution in [0.25, 0.3) is 0 Å². The van der Waals surface area contributed by atoms with Gasteiger partial charge in [-0.25, -0.2) is 13.8 Å². The van der Waals surface area contributed by atoms with E-state index >= 15 is 0 Å². The lowest BCUT2D eigenvalue weighted by atomic mass is 10.2. The van der Waals surface area contributed by atoms with Crippen LogP contribution in [-0.2, 0) is 14.8 Å². The number of nitrogens with one attached hydrogen (secondary N) is 1. The molecule has 0 aromatic heterocycles. The highest BCUT2D eigenvalue weighted by Crippen LogP contribution is 2.32. The molecular weight excluding hydrogens is 448 g/mol. The van der Waals surface area contributed by atoms with Crippen LogP contribution in [0.5, 0.6) is 5.75 Å². The summed E-state index contributed by atoms with van der Waals surface area (Å²) < 4.78 is 32.9. The van der Waals surface area contributed by atoms with Crippen LogP contribution >= 0.6 is 0 Å². The highest BCUT2D eigenvalue weighted by atomic mass is 32.2. The zero-order valence-electron chi connectivity index (χ0n) is 17.5. The quantitative estimate of drug-likeness (QED) is 0.292. The summed E-state index contributed by atoms with van der Waals surface area (Å²) in [6.07, 6.45) is 1.12. The van der Waals surface area contributed by atoms with Gasteiger partial charge in [0.2, 0.25) is 0 Å². The summed E-state index contributed by atoms with van der Waals surface area (Å²) in [4.78, 5) is 23.1. The van der Waals surface area contributed by atoms with Crippen molar-refractivity contribution < 1.29 is 22.9 Å². The van der Waals surface area contributed by atoms with Crippen LogP contribution in [0.3, 0.4) is 0 Å². The van der Waals surface area contributed by atoms with E-state index in [1.54, 1.807) is 42.5 Å². The first-order chi connectivity index (χ1) is 15.8. The number of nitro groups is 1. The number of methoxy groups -OCH3 is 1. The lowest BCUT2D eigenvalue weighted by Gasteiger charge is -2.25. The first-order valence-corrected chi connectivity index (χ1v) is 11.0. The normalized spacial score (nSPS) is 11.2.